The number of amides is 2. The van der Waals surface area contributed by atoms with Gasteiger partial charge in [-0.25, -0.2) is 19.2 Å². The summed E-state index contributed by atoms with van der Waals surface area (Å²) in [6, 6.07) is 12.1. The fourth-order valence-electron chi connectivity index (χ4n) is 3.47. The number of rotatable bonds is 4. The number of hydrogen-bond acceptors (Lipinski definition) is 6. The molecule has 5 rings (SSSR count). The third-order valence-corrected chi connectivity index (χ3v) is 5.29. The van der Waals surface area contributed by atoms with E-state index in [0.29, 0.717) is 17.0 Å². The lowest BCUT2D eigenvalue weighted by Gasteiger charge is -2.10. The van der Waals surface area contributed by atoms with Crippen molar-refractivity contribution in [2.24, 2.45) is 0 Å². The van der Waals surface area contributed by atoms with Crippen LogP contribution >= 0.6 is 0 Å². The fraction of sp³-hybridized carbons (Fsp3) is 0.0400. The third-order valence-electron chi connectivity index (χ3n) is 5.29. The Morgan fingerprint density at radius 3 is 2.27 bits per heavy atom. The van der Waals surface area contributed by atoms with Gasteiger partial charge in [0.15, 0.2) is 11.2 Å². The number of oxazole rings is 1. The number of anilines is 3. The van der Waals surface area contributed by atoms with Gasteiger partial charge in [0, 0.05) is 34.9 Å². The minimum Gasteiger partial charge on any atom is -0.434 e. The monoisotopic (exact) mass is 508 g/mol. The van der Waals surface area contributed by atoms with Crippen molar-refractivity contribution in [3.05, 3.63) is 84.4 Å². The zero-order valence-corrected chi connectivity index (χ0v) is 18.7. The first-order valence-corrected chi connectivity index (χ1v) is 10.7. The number of hydrogen-bond donors (Lipinski definition) is 3. The molecule has 5 aromatic rings. The molecule has 8 nitrogen and oxygen atoms in total. The van der Waals surface area contributed by atoms with Gasteiger partial charge in [0.1, 0.15) is 11.6 Å². The molecule has 12 heteroatoms. The van der Waals surface area contributed by atoms with Gasteiger partial charge in [0.05, 0.1) is 11.1 Å². The Bertz CT molecular complexity index is 1600. The Morgan fingerprint density at radius 1 is 0.865 bits per heavy atom. The highest BCUT2D eigenvalue weighted by atomic mass is 19.4. The first-order chi connectivity index (χ1) is 17.7. The Morgan fingerprint density at radius 2 is 1.57 bits per heavy atom. The van der Waals surface area contributed by atoms with Crippen LogP contribution in [0.15, 0.2) is 77.5 Å². The van der Waals surface area contributed by atoms with Gasteiger partial charge < -0.3 is 20.8 Å². The van der Waals surface area contributed by atoms with Crippen molar-refractivity contribution >= 4 is 34.5 Å². The quantitative estimate of drug-likeness (QED) is 0.244. The van der Waals surface area contributed by atoms with Crippen LogP contribution in [0.4, 0.5) is 39.5 Å². The van der Waals surface area contributed by atoms with Gasteiger partial charge in [-0.3, -0.25) is 0 Å². The highest BCUT2D eigenvalue weighted by Crippen LogP contribution is 2.31. The summed E-state index contributed by atoms with van der Waals surface area (Å²) >= 11 is 0. The average Bonchev–Trinajstić information content (AvgIpc) is 3.28. The fourth-order valence-corrected chi connectivity index (χ4v) is 3.47. The van der Waals surface area contributed by atoms with Crippen LogP contribution in [0.1, 0.15) is 5.56 Å². The van der Waals surface area contributed by atoms with Gasteiger partial charge in [-0.2, -0.15) is 18.2 Å². The number of nitrogens with two attached hydrogens (primary N) is 1. The van der Waals surface area contributed by atoms with Gasteiger partial charge in [0.25, 0.3) is 0 Å². The lowest BCUT2D eigenvalue weighted by molar-refractivity contribution is -0.137. The van der Waals surface area contributed by atoms with Crippen LogP contribution < -0.4 is 16.4 Å². The number of halogens is 4. The maximum Gasteiger partial charge on any atom is 0.416 e. The normalized spacial score (nSPS) is 11.5. The Balaban J connectivity index is 1.35. The van der Waals surface area contributed by atoms with Crippen LogP contribution in [0.5, 0.6) is 0 Å². The largest absolute Gasteiger partial charge is 0.434 e. The number of fused-ring (bicyclic) bond motifs is 1. The van der Waals surface area contributed by atoms with E-state index in [1.54, 1.807) is 30.6 Å². The van der Waals surface area contributed by atoms with E-state index in [9.17, 15) is 22.4 Å². The predicted molar refractivity (Wildman–Crippen MR) is 129 cm³/mol. The van der Waals surface area contributed by atoms with E-state index in [2.05, 4.69) is 25.6 Å². The Hall–Kier alpha value is -5.00. The van der Waals surface area contributed by atoms with Crippen molar-refractivity contribution in [3.63, 3.8) is 0 Å². The molecule has 2 aromatic carbocycles. The highest BCUT2D eigenvalue weighted by molar-refractivity contribution is 6.00. The number of nitrogen functional groups attached to an aromatic ring is 1. The van der Waals surface area contributed by atoms with Crippen molar-refractivity contribution in [2.45, 2.75) is 6.18 Å². The number of benzene rings is 2. The zero-order valence-electron chi connectivity index (χ0n) is 18.7. The van der Waals surface area contributed by atoms with E-state index in [1.165, 1.54) is 12.1 Å². The summed E-state index contributed by atoms with van der Waals surface area (Å²) in [5.74, 6) is -0.334. The summed E-state index contributed by atoms with van der Waals surface area (Å²) in [6.45, 7) is 0. The molecule has 186 valence electrons. The van der Waals surface area contributed by atoms with Crippen LogP contribution in [0.3, 0.4) is 0 Å². The molecule has 4 N–H and O–H groups in total. The molecule has 0 saturated carbocycles. The number of carbonyl (C=O) groups excluding carboxylic acids is 1. The minimum atomic E-state index is -4.49. The predicted octanol–water partition coefficient (Wildman–Crippen LogP) is 6.34. The molecule has 0 saturated heterocycles. The number of urea groups is 1. The van der Waals surface area contributed by atoms with E-state index in [-0.39, 0.29) is 28.5 Å². The number of nitrogens with zero attached hydrogens (tertiary/aromatic N) is 3. The molecule has 0 atom stereocenters. The van der Waals surface area contributed by atoms with Crippen molar-refractivity contribution in [1.29, 1.82) is 0 Å². The van der Waals surface area contributed by atoms with Crippen molar-refractivity contribution in [2.75, 3.05) is 16.4 Å². The van der Waals surface area contributed by atoms with Crippen molar-refractivity contribution in [3.8, 4) is 22.6 Å². The molecule has 3 aromatic heterocycles. The Kier molecular flexibility index (Phi) is 5.91. The summed E-state index contributed by atoms with van der Waals surface area (Å²) in [5, 5.41) is 4.92. The Labute approximate surface area is 206 Å². The summed E-state index contributed by atoms with van der Waals surface area (Å²) in [7, 11) is 0. The maximum absolute atomic E-state index is 14.6. The molecule has 0 bridgehead atoms. The second-order valence-corrected chi connectivity index (χ2v) is 7.89. The smallest absolute Gasteiger partial charge is 0.416 e. The van der Waals surface area contributed by atoms with E-state index in [1.807, 2.05) is 0 Å². The highest BCUT2D eigenvalue weighted by Gasteiger charge is 2.30. The molecular weight excluding hydrogens is 492 g/mol. The van der Waals surface area contributed by atoms with E-state index < -0.39 is 23.6 Å². The maximum atomic E-state index is 14.6. The van der Waals surface area contributed by atoms with Gasteiger partial charge in [-0.05, 0) is 60.7 Å². The van der Waals surface area contributed by atoms with Crippen LogP contribution in [0.25, 0.3) is 33.8 Å². The summed E-state index contributed by atoms with van der Waals surface area (Å²) in [5.41, 5.74) is 7.09. The molecule has 0 aliphatic heterocycles. The minimum absolute atomic E-state index is 0.0268. The molecule has 2 amide bonds. The van der Waals surface area contributed by atoms with Gasteiger partial charge >= 0.3 is 12.2 Å². The van der Waals surface area contributed by atoms with Crippen molar-refractivity contribution in [1.82, 2.24) is 15.0 Å². The average molecular weight is 508 g/mol. The first kappa shape index (κ1) is 23.7. The molecule has 0 aliphatic carbocycles. The lowest BCUT2D eigenvalue weighted by Crippen LogP contribution is -2.19. The van der Waals surface area contributed by atoms with E-state index >= 15 is 0 Å². The number of carbonyl (C=O) groups is 1. The zero-order chi connectivity index (χ0) is 26.2. The molecular formula is C25H16F4N6O2. The number of aromatic nitrogens is 3. The van der Waals surface area contributed by atoms with Crippen LogP contribution in [-0.4, -0.2) is 21.0 Å². The summed E-state index contributed by atoms with van der Waals surface area (Å²) < 4.78 is 58.5. The van der Waals surface area contributed by atoms with Gasteiger partial charge in [0.2, 0.25) is 5.89 Å². The summed E-state index contributed by atoms with van der Waals surface area (Å²) in [4.78, 5) is 24.9. The van der Waals surface area contributed by atoms with Crippen LogP contribution in [-0.2, 0) is 6.18 Å². The molecule has 0 fully saturated rings. The lowest BCUT2D eigenvalue weighted by atomic mass is 10.1. The third kappa shape index (κ3) is 5.17. The second kappa shape index (κ2) is 9.22. The van der Waals surface area contributed by atoms with Gasteiger partial charge in [-0.15, -0.1) is 0 Å². The standard InChI is InChI=1S/C25H16F4N6O2/c26-19-7-6-17(34-24(36)33-16-4-2-15(3-5-16)25(27,28)29)10-18(19)23-35-22-20(37-23)9-14(12-32-22)13-1-8-21(30)31-11-13/h1-12H,(H2,30,31)(H2,33,34,36). The first-order valence-electron chi connectivity index (χ1n) is 10.7. The topological polar surface area (TPSA) is 119 Å². The molecule has 0 spiro atoms. The molecule has 0 radical (unpaired) electrons. The van der Waals surface area contributed by atoms with Gasteiger partial charge in [-0.1, -0.05) is 0 Å². The second-order valence-electron chi connectivity index (χ2n) is 7.89. The van der Waals surface area contributed by atoms with Crippen LogP contribution in [0, 0.1) is 5.82 Å². The van der Waals surface area contributed by atoms with Crippen molar-refractivity contribution < 1.29 is 26.8 Å². The molecule has 0 unspecified atom stereocenters. The van der Waals surface area contributed by atoms with E-state index in [4.69, 9.17) is 10.2 Å². The number of alkyl halides is 3. The number of nitrogens with one attached hydrogen (secondary N) is 2. The van der Waals surface area contributed by atoms with E-state index in [0.717, 1.165) is 35.9 Å². The van der Waals surface area contributed by atoms with Crippen LogP contribution in [0.2, 0.25) is 0 Å². The molecule has 3 heterocycles. The summed E-state index contributed by atoms with van der Waals surface area (Å²) in [6.07, 6.45) is -1.33. The number of pyridine rings is 2. The molecule has 37 heavy (non-hydrogen) atoms. The SMILES string of the molecule is Nc1ccc(-c2cnc3nc(-c4cc(NC(=O)Nc5ccc(C(F)(F)F)cc5)ccc4F)oc3c2)cn1. The molecule has 0 aliphatic rings.